The number of carbonyl (C=O) groups excluding carboxylic acids is 1. The highest BCUT2D eigenvalue weighted by Crippen LogP contribution is 2.32. The first-order valence-electron chi connectivity index (χ1n) is 7.25. The van der Waals surface area contributed by atoms with Crippen molar-refractivity contribution in [2.75, 3.05) is 5.32 Å². The largest absolute Gasteiger partial charge is 0.416 e. The summed E-state index contributed by atoms with van der Waals surface area (Å²) in [6.45, 7) is 1.96. The molecule has 0 saturated heterocycles. The fraction of sp³-hybridized carbons (Fsp3) is 0.167. The van der Waals surface area contributed by atoms with Crippen LogP contribution < -0.4 is 5.32 Å². The highest BCUT2D eigenvalue weighted by atomic mass is 35.5. The molecule has 0 aliphatic rings. The quantitative estimate of drug-likeness (QED) is 0.715. The Morgan fingerprint density at radius 3 is 2.58 bits per heavy atom. The first-order chi connectivity index (χ1) is 11.3. The Kier molecular flexibility index (Phi) is 5.67. The number of amides is 1. The van der Waals surface area contributed by atoms with E-state index in [0.717, 1.165) is 36.3 Å². The minimum Gasteiger partial charge on any atom is -0.322 e. The minimum absolute atomic E-state index is 0.130. The molecule has 0 saturated carbocycles. The van der Waals surface area contributed by atoms with Gasteiger partial charge in [0.05, 0.1) is 5.56 Å². The van der Waals surface area contributed by atoms with Gasteiger partial charge in [-0.15, -0.1) is 0 Å². The van der Waals surface area contributed by atoms with E-state index in [9.17, 15) is 18.0 Å². The van der Waals surface area contributed by atoms with Crippen LogP contribution in [0.1, 0.15) is 23.6 Å². The molecule has 2 rings (SSSR count). The van der Waals surface area contributed by atoms with E-state index in [1.54, 1.807) is 12.1 Å². The number of halogens is 4. The Hall–Kier alpha value is -2.27. The number of para-hydroxylation sites is 1. The summed E-state index contributed by atoms with van der Waals surface area (Å²) in [4.78, 5) is 12.0. The van der Waals surface area contributed by atoms with Crippen molar-refractivity contribution in [3.63, 3.8) is 0 Å². The Morgan fingerprint density at radius 2 is 1.92 bits per heavy atom. The third-order valence-electron chi connectivity index (χ3n) is 3.39. The van der Waals surface area contributed by atoms with E-state index in [-0.39, 0.29) is 10.6 Å². The molecule has 1 amide bonds. The first-order valence-corrected chi connectivity index (χ1v) is 7.62. The summed E-state index contributed by atoms with van der Waals surface area (Å²) in [5, 5.41) is 2.84. The van der Waals surface area contributed by atoms with Crippen molar-refractivity contribution in [1.82, 2.24) is 0 Å². The number of nitrogens with one attached hydrogen (secondary N) is 1. The number of hydrogen-bond donors (Lipinski definition) is 1. The number of aryl methyl sites for hydroxylation is 1. The molecule has 0 spiro atoms. The molecule has 2 nitrogen and oxygen atoms in total. The molecule has 0 bridgehead atoms. The number of carbonyl (C=O) groups is 1. The van der Waals surface area contributed by atoms with Crippen LogP contribution in [0.15, 0.2) is 48.5 Å². The van der Waals surface area contributed by atoms with Crippen LogP contribution in [0.3, 0.4) is 0 Å². The molecule has 0 aliphatic heterocycles. The maximum Gasteiger partial charge on any atom is 0.416 e. The lowest BCUT2D eigenvalue weighted by Crippen LogP contribution is -2.09. The number of alkyl halides is 3. The van der Waals surface area contributed by atoms with Crippen LogP contribution in [0, 0.1) is 0 Å². The summed E-state index contributed by atoms with van der Waals surface area (Å²) >= 11 is 5.89. The molecule has 0 aliphatic carbocycles. The van der Waals surface area contributed by atoms with Gasteiger partial charge in [0, 0.05) is 16.8 Å². The molecule has 0 radical (unpaired) electrons. The second-order valence-corrected chi connectivity index (χ2v) is 5.47. The van der Waals surface area contributed by atoms with E-state index in [1.807, 2.05) is 19.1 Å². The van der Waals surface area contributed by atoms with Crippen LogP contribution >= 0.6 is 11.6 Å². The van der Waals surface area contributed by atoms with Crippen molar-refractivity contribution in [2.24, 2.45) is 0 Å². The summed E-state index contributed by atoms with van der Waals surface area (Å²) < 4.78 is 38.2. The predicted molar refractivity (Wildman–Crippen MR) is 89.9 cm³/mol. The van der Waals surface area contributed by atoms with Gasteiger partial charge in [0.15, 0.2) is 0 Å². The van der Waals surface area contributed by atoms with Crippen LogP contribution in [0.25, 0.3) is 6.08 Å². The van der Waals surface area contributed by atoms with Gasteiger partial charge in [-0.25, -0.2) is 0 Å². The van der Waals surface area contributed by atoms with Crippen molar-refractivity contribution in [2.45, 2.75) is 19.5 Å². The molecule has 2 aromatic rings. The van der Waals surface area contributed by atoms with Gasteiger partial charge in [0.1, 0.15) is 0 Å². The third-order valence-corrected chi connectivity index (χ3v) is 3.74. The first kappa shape index (κ1) is 18.1. The smallest absolute Gasteiger partial charge is 0.322 e. The van der Waals surface area contributed by atoms with E-state index in [1.165, 1.54) is 6.08 Å². The molecule has 24 heavy (non-hydrogen) atoms. The summed E-state index contributed by atoms with van der Waals surface area (Å²) in [5.41, 5.74) is 0.954. The topological polar surface area (TPSA) is 29.1 Å². The number of benzene rings is 2. The Morgan fingerprint density at radius 1 is 1.21 bits per heavy atom. The minimum atomic E-state index is -4.46. The summed E-state index contributed by atoms with van der Waals surface area (Å²) in [5.74, 6) is -0.440. The molecule has 0 heterocycles. The lowest BCUT2D eigenvalue weighted by atomic mass is 10.1. The van der Waals surface area contributed by atoms with Crippen LogP contribution in [-0.4, -0.2) is 5.91 Å². The van der Waals surface area contributed by atoms with E-state index >= 15 is 0 Å². The van der Waals surface area contributed by atoms with Gasteiger partial charge in [0.2, 0.25) is 5.91 Å². The van der Waals surface area contributed by atoms with E-state index < -0.39 is 17.6 Å². The number of rotatable bonds is 4. The fourth-order valence-corrected chi connectivity index (χ4v) is 2.32. The zero-order valence-corrected chi connectivity index (χ0v) is 13.6. The number of anilines is 1. The Bertz CT molecular complexity index is 769. The molecule has 6 heteroatoms. The zero-order valence-electron chi connectivity index (χ0n) is 12.8. The number of hydrogen-bond acceptors (Lipinski definition) is 1. The monoisotopic (exact) mass is 353 g/mol. The van der Waals surface area contributed by atoms with Crippen molar-refractivity contribution in [3.05, 3.63) is 70.3 Å². The van der Waals surface area contributed by atoms with Gasteiger partial charge in [-0.1, -0.05) is 36.7 Å². The SMILES string of the molecule is CCc1ccccc1NC(=O)/C=C/c1cc(C(F)(F)F)ccc1Cl. The predicted octanol–water partition coefficient (Wildman–Crippen LogP) is 5.57. The molecule has 2 aromatic carbocycles. The molecular formula is C18H15ClF3NO. The third kappa shape index (κ3) is 4.61. The van der Waals surface area contributed by atoms with Crippen LogP contribution in [0.4, 0.5) is 18.9 Å². The second-order valence-electron chi connectivity index (χ2n) is 5.07. The fourth-order valence-electron chi connectivity index (χ4n) is 2.14. The zero-order chi connectivity index (χ0) is 17.7. The average molecular weight is 354 g/mol. The molecule has 0 fully saturated rings. The molecular weight excluding hydrogens is 339 g/mol. The normalized spacial score (nSPS) is 11.7. The van der Waals surface area contributed by atoms with Gasteiger partial charge >= 0.3 is 6.18 Å². The molecule has 0 aromatic heterocycles. The Labute approximate surface area is 142 Å². The van der Waals surface area contributed by atoms with E-state index in [2.05, 4.69) is 5.32 Å². The molecule has 1 N–H and O–H groups in total. The van der Waals surface area contributed by atoms with E-state index in [0.29, 0.717) is 5.69 Å². The molecule has 0 unspecified atom stereocenters. The van der Waals surface area contributed by atoms with Crippen molar-refractivity contribution < 1.29 is 18.0 Å². The summed E-state index contributed by atoms with van der Waals surface area (Å²) in [7, 11) is 0. The highest BCUT2D eigenvalue weighted by Gasteiger charge is 2.30. The lowest BCUT2D eigenvalue weighted by molar-refractivity contribution is -0.137. The average Bonchev–Trinajstić information content (AvgIpc) is 2.53. The van der Waals surface area contributed by atoms with Crippen LogP contribution in [0.5, 0.6) is 0 Å². The van der Waals surface area contributed by atoms with Crippen molar-refractivity contribution in [1.29, 1.82) is 0 Å². The van der Waals surface area contributed by atoms with Crippen molar-refractivity contribution >= 4 is 29.3 Å². The molecule has 0 atom stereocenters. The maximum absolute atomic E-state index is 12.7. The lowest BCUT2D eigenvalue weighted by Gasteiger charge is -2.09. The van der Waals surface area contributed by atoms with Gasteiger partial charge in [-0.3, -0.25) is 4.79 Å². The van der Waals surface area contributed by atoms with E-state index in [4.69, 9.17) is 11.6 Å². The second kappa shape index (κ2) is 7.53. The standard InChI is InChI=1S/C18H15ClF3NO/c1-2-12-5-3-4-6-16(12)23-17(24)10-7-13-11-14(18(20,21)22)8-9-15(13)19/h3-11H,2H2,1H3,(H,23,24)/b10-7+. The van der Waals surface area contributed by atoms with Gasteiger partial charge in [-0.2, -0.15) is 13.2 Å². The van der Waals surface area contributed by atoms with Crippen molar-refractivity contribution in [3.8, 4) is 0 Å². The molecule has 126 valence electrons. The van der Waals surface area contributed by atoms with Gasteiger partial charge in [-0.05, 0) is 47.9 Å². The van der Waals surface area contributed by atoms with Crippen LogP contribution in [-0.2, 0) is 17.4 Å². The van der Waals surface area contributed by atoms with Gasteiger partial charge < -0.3 is 5.32 Å². The summed E-state index contributed by atoms with van der Waals surface area (Å²) in [6.07, 6.45) is -1.29. The van der Waals surface area contributed by atoms with Crippen LogP contribution in [0.2, 0.25) is 5.02 Å². The Balaban J connectivity index is 2.17. The maximum atomic E-state index is 12.7. The summed E-state index contributed by atoms with van der Waals surface area (Å²) in [6, 6.07) is 10.3. The van der Waals surface area contributed by atoms with Gasteiger partial charge in [0.25, 0.3) is 0 Å². The highest BCUT2D eigenvalue weighted by molar-refractivity contribution is 6.32.